The summed E-state index contributed by atoms with van der Waals surface area (Å²) in [6.45, 7) is 7.36. The van der Waals surface area contributed by atoms with Crippen LogP contribution in [0.25, 0.3) is 0 Å². The maximum absolute atomic E-state index is 14.3. The number of hydrogen-bond donors (Lipinski definition) is 1. The first kappa shape index (κ1) is 17.4. The molecule has 1 N–H and O–H groups in total. The van der Waals surface area contributed by atoms with Crippen LogP contribution in [-0.4, -0.2) is 44.0 Å². The van der Waals surface area contributed by atoms with Crippen molar-refractivity contribution >= 4 is 11.6 Å². The smallest absolute Gasteiger partial charge is 0.241 e. The maximum Gasteiger partial charge on any atom is 0.241 e. The van der Waals surface area contributed by atoms with Gasteiger partial charge >= 0.3 is 0 Å². The average molecular weight is 295 g/mol. The lowest BCUT2D eigenvalue weighted by Gasteiger charge is -2.27. The predicted molar refractivity (Wildman–Crippen MR) is 85.0 cm³/mol. The number of nitrogens with one attached hydrogen (secondary N) is 1. The minimum atomic E-state index is -0.286. The summed E-state index contributed by atoms with van der Waals surface area (Å²) in [6.07, 6.45) is 0. The lowest BCUT2D eigenvalue weighted by Crippen LogP contribution is -2.37. The van der Waals surface area contributed by atoms with E-state index >= 15 is 0 Å². The van der Waals surface area contributed by atoms with E-state index in [1.807, 2.05) is 26.8 Å². The molecule has 21 heavy (non-hydrogen) atoms. The first-order valence-electron chi connectivity index (χ1n) is 7.32. The van der Waals surface area contributed by atoms with Crippen LogP contribution in [0.4, 0.5) is 10.1 Å². The van der Waals surface area contributed by atoms with Crippen molar-refractivity contribution in [3.05, 3.63) is 29.6 Å². The van der Waals surface area contributed by atoms with Gasteiger partial charge in [-0.2, -0.15) is 0 Å². The molecule has 0 heterocycles. The Hall–Kier alpha value is -1.62. The van der Waals surface area contributed by atoms with Gasteiger partial charge in [0.25, 0.3) is 0 Å². The molecular formula is C16H26FN3O. The molecule has 1 rings (SSSR count). The summed E-state index contributed by atoms with van der Waals surface area (Å²) >= 11 is 0. The van der Waals surface area contributed by atoms with Crippen LogP contribution in [0.15, 0.2) is 18.2 Å². The zero-order valence-corrected chi connectivity index (χ0v) is 13.6. The Bertz CT molecular complexity index is 475. The van der Waals surface area contributed by atoms with Crippen molar-refractivity contribution in [3.8, 4) is 0 Å². The molecule has 0 aliphatic carbocycles. The lowest BCUT2D eigenvalue weighted by molar-refractivity contribution is -0.127. The molecule has 0 fully saturated rings. The Balaban J connectivity index is 3.03. The third kappa shape index (κ3) is 5.01. The summed E-state index contributed by atoms with van der Waals surface area (Å²) in [6, 6.07) is 5.37. The highest BCUT2D eigenvalue weighted by Crippen LogP contribution is 2.24. The number of nitrogens with zero attached hydrogens (tertiary/aromatic N) is 2. The molecule has 0 radical (unpaired) electrons. The Labute approximate surface area is 126 Å². The summed E-state index contributed by atoms with van der Waals surface area (Å²) in [7, 11) is 3.41. The second-order valence-corrected chi connectivity index (χ2v) is 5.59. The van der Waals surface area contributed by atoms with E-state index in [9.17, 15) is 9.18 Å². The molecule has 0 unspecified atom stereocenters. The van der Waals surface area contributed by atoms with E-state index in [0.717, 1.165) is 5.56 Å². The highest BCUT2D eigenvalue weighted by atomic mass is 19.1. The van der Waals surface area contributed by atoms with E-state index in [4.69, 9.17) is 0 Å². The summed E-state index contributed by atoms with van der Waals surface area (Å²) in [4.78, 5) is 15.2. The number of amides is 1. The van der Waals surface area contributed by atoms with Crippen LogP contribution < -0.4 is 10.2 Å². The van der Waals surface area contributed by atoms with Crippen LogP contribution in [0.2, 0.25) is 0 Å². The van der Waals surface area contributed by atoms with Gasteiger partial charge in [0.1, 0.15) is 5.82 Å². The van der Waals surface area contributed by atoms with Gasteiger partial charge in [0.2, 0.25) is 5.91 Å². The van der Waals surface area contributed by atoms with Crippen LogP contribution in [0.3, 0.4) is 0 Å². The van der Waals surface area contributed by atoms with Gasteiger partial charge in [0, 0.05) is 33.2 Å². The number of carbonyl (C=O) groups excluding carboxylic acids is 1. The van der Waals surface area contributed by atoms with E-state index in [1.54, 1.807) is 25.1 Å². The van der Waals surface area contributed by atoms with E-state index < -0.39 is 0 Å². The van der Waals surface area contributed by atoms with Gasteiger partial charge in [-0.25, -0.2) is 4.39 Å². The third-order valence-corrected chi connectivity index (χ3v) is 3.29. The lowest BCUT2D eigenvalue weighted by atomic mass is 10.1. The van der Waals surface area contributed by atoms with E-state index in [-0.39, 0.29) is 18.3 Å². The van der Waals surface area contributed by atoms with Gasteiger partial charge in [-0.1, -0.05) is 26.0 Å². The fraction of sp³-hybridized carbons (Fsp3) is 0.562. The molecule has 0 saturated carbocycles. The normalized spacial score (nSPS) is 10.8. The zero-order chi connectivity index (χ0) is 16.0. The first-order valence-corrected chi connectivity index (χ1v) is 7.32. The molecule has 0 bridgehead atoms. The van der Waals surface area contributed by atoms with Gasteiger partial charge in [-0.15, -0.1) is 0 Å². The number of likely N-dealkylation sites (N-methyl/N-ethyl adjacent to an activating group) is 2. The van der Waals surface area contributed by atoms with Crippen molar-refractivity contribution in [2.45, 2.75) is 33.4 Å². The van der Waals surface area contributed by atoms with E-state index in [0.29, 0.717) is 24.8 Å². The quantitative estimate of drug-likeness (QED) is 0.838. The molecule has 0 aromatic heterocycles. The fourth-order valence-electron chi connectivity index (χ4n) is 2.02. The maximum atomic E-state index is 14.3. The van der Waals surface area contributed by atoms with Crippen LogP contribution in [-0.2, 0) is 11.3 Å². The first-order chi connectivity index (χ1) is 9.86. The van der Waals surface area contributed by atoms with Crippen molar-refractivity contribution in [1.82, 2.24) is 10.2 Å². The number of para-hydroxylation sites is 1. The highest BCUT2D eigenvalue weighted by molar-refractivity contribution is 5.81. The van der Waals surface area contributed by atoms with Crippen molar-refractivity contribution in [3.63, 3.8) is 0 Å². The van der Waals surface area contributed by atoms with Crippen LogP contribution in [0, 0.1) is 5.82 Å². The molecule has 0 saturated heterocycles. The van der Waals surface area contributed by atoms with Crippen LogP contribution in [0.1, 0.15) is 26.3 Å². The zero-order valence-electron chi connectivity index (χ0n) is 13.6. The summed E-state index contributed by atoms with van der Waals surface area (Å²) in [5, 5.41) is 3.30. The topological polar surface area (TPSA) is 35.6 Å². The van der Waals surface area contributed by atoms with Gasteiger partial charge in [-0.3, -0.25) is 4.79 Å². The molecule has 1 aromatic carbocycles. The van der Waals surface area contributed by atoms with Crippen molar-refractivity contribution in [2.75, 3.05) is 32.1 Å². The molecule has 0 aliphatic heterocycles. The average Bonchev–Trinajstić information content (AvgIpc) is 2.42. The van der Waals surface area contributed by atoms with Crippen LogP contribution >= 0.6 is 0 Å². The largest absolute Gasteiger partial charge is 0.360 e. The second-order valence-electron chi connectivity index (χ2n) is 5.59. The van der Waals surface area contributed by atoms with Gasteiger partial charge in [0.05, 0.1) is 12.2 Å². The Morgan fingerprint density at radius 2 is 2.00 bits per heavy atom. The molecule has 118 valence electrons. The Kier molecular flexibility index (Phi) is 6.62. The summed E-state index contributed by atoms with van der Waals surface area (Å²) in [5.41, 5.74) is 1.39. The molecule has 4 nitrogen and oxygen atoms in total. The minimum absolute atomic E-state index is 0.0390. The number of carbonyl (C=O) groups is 1. The highest BCUT2D eigenvalue weighted by Gasteiger charge is 2.18. The van der Waals surface area contributed by atoms with Crippen LogP contribution in [0.5, 0.6) is 0 Å². The number of anilines is 1. The molecule has 0 atom stereocenters. The second kappa shape index (κ2) is 7.98. The van der Waals surface area contributed by atoms with Gasteiger partial charge in [-0.05, 0) is 18.6 Å². The molecule has 1 aromatic rings. The number of halogens is 1. The van der Waals surface area contributed by atoms with Crippen molar-refractivity contribution in [1.29, 1.82) is 0 Å². The SMILES string of the molecule is CCN(CC(=O)N(C)C)c1c(F)cccc1CNC(C)C. The Morgan fingerprint density at radius 3 is 2.52 bits per heavy atom. The number of rotatable bonds is 7. The third-order valence-electron chi connectivity index (χ3n) is 3.29. The monoisotopic (exact) mass is 295 g/mol. The molecule has 0 spiro atoms. The molecule has 5 heteroatoms. The fourth-order valence-corrected chi connectivity index (χ4v) is 2.02. The number of benzene rings is 1. The Morgan fingerprint density at radius 1 is 1.33 bits per heavy atom. The number of hydrogen-bond acceptors (Lipinski definition) is 3. The van der Waals surface area contributed by atoms with Crippen molar-refractivity contribution in [2.24, 2.45) is 0 Å². The summed E-state index contributed by atoms with van der Waals surface area (Å²) < 4.78 is 14.3. The summed E-state index contributed by atoms with van der Waals surface area (Å²) in [5.74, 6) is -0.325. The molecular weight excluding hydrogens is 269 g/mol. The predicted octanol–water partition coefficient (Wildman–Crippen LogP) is 2.24. The van der Waals surface area contributed by atoms with Gasteiger partial charge in [0.15, 0.2) is 0 Å². The molecule has 1 amide bonds. The van der Waals surface area contributed by atoms with E-state index in [1.165, 1.54) is 11.0 Å². The van der Waals surface area contributed by atoms with E-state index in [2.05, 4.69) is 5.32 Å². The van der Waals surface area contributed by atoms with Crippen molar-refractivity contribution < 1.29 is 9.18 Å². The minimum Gasteiger partial charge on any atom is -0.360 e. The van der Waals surface area contributed by atoms with Gasteiger partial charge < -0.3 is 15.1 Å². The standard InChI is InChI=1S/C16H26FN3O/c1-6-20(11-15(21)19(4)5)16-13(10-18-12(2)3)8-7-9-14(16)17/h7-9,12,18H,6,10-11H2,1-5H3. The molecule has 0 aliphatic rings.